The number of nitrogens with two attached hydrogens (primary N) is 1. The Labute approximate surface area is 65.0 Å². The van der Waals surface area contributed by atoms with Crippen LogP contribution in [0, 0.1) is 6.92 Å². The minimum atomic E-state index is 0.672. The molecule has 0 bridgehead atoms. The normalized spacial score (nSPS) is 15.7. The first-order valence-electron chi connectivity index (χ1n) is 3.74. The molecular formula is C7H11N3O. The second-order valence-corrected chi connectivity index (χ2v) is 2.72. The van der Waals surface area contributed by atoms with Crippen LogP contribution in [0.3, 0.4) is 0 Å². The molecule has 2 rings (SSSR count). The maximum absolute atomic E-state index is 5.74. The Morgan fingerprint density at radius 2 is 2.45 bits per heavy atom. The number of imidazole rings is 1. The monoisotopic (exact) mass is 153 g/mol. The van der Waals surface area contributed by atoms with Crippen LogP contribution in [-0.2, 0) is 6.54 Å². The summed E-state index contributed by atoms with van der Waals surface area (Å²) in [5.41, 5.74) is 6.61. The second kappa shape index (κ2) is 2.15. The largest absolute Gasteiger partial charge is 0.465 e. The highest BCUT2D eigenvalue weighted by Gasteiger charge is 2.15. The molecule has 2 N–H and O–H groups in total. The number of hydrogen-bond donors (Lipinski definition) is 1. The van der Waals surface area contributed by atoms with E-state index in [1.165, 1.54) is 0 Å². The molecule has 1 aromatic heterocycles. The molecule has 2 heterocycles. The van der Waals surface area contributed by atoms with Crippen molar-refractivity contribution < 1.29 is 4.74 Å². The topological polar surface area (TPSA) is 53.1 Å². The van der Waals surface area contributed by atoms with Crippen LogP contribution in [0.4, 0.5) is 5.82 Å². The summed E-state index contributed by atoms with van der Waals surface area (Å²) in [6.07, 6.45) is 1.02. The number of anilines is 1. The summed E-state index contributed by atoms with van der Waals surface area (Å²) >= 11 is 0. The molecule has 0 saturated carbocycles. The molecule has 0 spiro atoms. The molecule has 0 unspecified atom stereocenters. The van der Waals surface area contributed by atoms with Crippen LogP contribution >= 0.6 is 0 Å². The van der Waals surface area contributed by atoms with Gasteiger partial charge >= 0.3 is 0 Å². The van der Waals surface area contributed by atoms with Gasteiger partial charge in [0.2, 0.25) is 0 Å². The average Bonchev–Trinajstić information content (AvgIpc) is 2.30. The van der Waals surface area contributed by atoms with Crippen molar-refractivity contribution in [2.24, 2.45) is 0 Å². The molecule has 1 aliphatic heterocycles. The van der Waals surface area contributed by atoms with E-state index >= 15 is 0 Å². The number of nitrogens with zero attached hydrogens (tertiary/aromatic N) is 2. The van der Waals surface area contributed by atoms with Gasteiger partial charge in [-0.15, -0.1) is 0 Å². The molecule has 0 aromatic carbocycles. The molecule has 0 aliphatic carbocycles. The summed E-state index contributed by atoms with van der Waals surface area (Å²) in [5.74, 6) is 0.736. The van der Waals surface area contributed by atoms with E-state index in [-0.39, 0.29) is 0 Å². The summed E-state index contributed by atoms with van der Waals surface area (Å²) in [5, 5.41) is 0. The summed E-state index contributed by atoms with van der Waals surface area (Å²) in [7, 11) is 0. The van der Waals surface area contributed by atoms with Gasteiger partial charge in [-0.25, -0.2) is 0 Å². The van der Waals surface area contributed by atoms with Gasteiger partial charge in [0.1, 0.15) is 5.82 Å². The van der Waals surface area contributed by atoms with Gasteiger partial charge in [0.15, 0.2) is 0 Å². The first-order valence-corrected chi connectivity index (χ1v) is 3.74. The van der Waals surface area contributed by atoms with Gasteiger partial charge in [0.25, 0.3) is 6.01 Å². The van der Waals surface area contributed by atoms with Crippen molar-refractivity contribution in [3.63, 3.8) is 0 Å². The van der Waals surface area contributed by atoms with Crippen molar-refractivity contribution in [1.29, 1.82) is 0 Å². The van der Waals surface area contributed by atoms with Gasteiger partial charge in [-0.05, 0) is 13.3 Å². The minimum Gasteiger partial charge on any atom is -0.465 e. The lowest BCUT2D eigenvalue weighted by atomic mass is 10.4. The standard InChI is InChI=1S/C7H11N3O/c1-5-6(8)10-3-2-4-11-7(10)9-5/h2-4,8H2,1H3. The van der Waals surface area contributed by atoms with Gasteiger partial charge in [-0.3, -0.25) is 4.57 Å². The molecule has 0 saturated heterocycles. The minimum absolute atomic E-state index is 0.672. The van der Waals surface area contributed by atoms with Gasteiger partial charge in [0, 0.05) is 6.54 Å². The van der Waals surface area contributed by atoms with E-state index in [4.69, 9.17) is 10.5 Å². The van der Waals surface area contributed by atoms with Gasteiger partial charge < -0.3 is 10.5 Å². The molecule has 11 heavy (non-hydrogen) atoms. The zero-order chi connectivity index (χ0) is 7.84. The quantitative estimate of drug-likeness (QED) is 0.592. The summed E-state index contributed by atoms with van der Waals surface area (Å²) in [6.45, 7) is 3.59. The number of hydrogen-bond acceptors (Lipinski definition) is 3. The van der Waals surface area contributed by atoms with Crippen molar-refractivity contribution in [3.05, 3.63) is 5.69 Å². The molecule has 0 fully saturated rings. The number of aromatic nitrogens is 2. The number of nitrogen functional groups attached to an aromatic ring is 1. The van der Waals surface area contributed by atoms with Crippen molar-refractivity contribution in [2.75, 3.05) is 12.3 Å². The maximum Gasteiger partial charge on any atom is 0.298 e. The number of fused-ring (bicyclic) bond motifs is 1. The van der Waals surface area contributed by atoms with Crippen LogP contribution < -0.4 is 10.5 Å². The predicted molar refractivity (Wildman–Crippen MR) is 41.5 cm³/mol. The Kier molecular flexibility index (Phi) is 1.27. The number of aryl methyl sites for hydroxylation is 1. The van der Waals surface area contributed by atoms with Crippen LogP contribution in [0.2, 0.25) is 0 Å². The first kappa shape index (κ1) is 6.52. The molecule has 0 amide bonds. The van der Waals surface area contributed by atoms with Crippen molar-refractivity contribution in [3.8, 4) is 6.01 Å². The van der Waals surface area contributed by atoms with E-state index in [0.29, 0.717) is 6.01 Å². The Morgan fingerprint density at radius 3 is 3.18 bits per heavy atom. The van der Waals surface area contributed by atoms with Crippen LogP contribution in [0.25, 0.3) is 0 Å². The molecular weight excluding hydrogens is 142 g/mol. The van der Waals surface area contributed by atoms with Crippen LogP contribution in [0.1, 0.15) is 12.1 Å². The molecule has 1 aromatic rings. The Hall–Kier alpha value is -1.19. The molecule has 1 aliphatic rings. The zero-order valence-corrected chi connectivity index (χ0v) is 6.50. The smallest absolute Gasteiger partial charge is 0.298 e. The number of rotatable bonds is 0. The highest BCUT2D eigenvalue weighted by molar-refractivity contribution is 5.39. The first-order chi connectivity index (χ1) is 5.29. The van der Waals surface area contributed by atoms with E-state index in [1.807, 2.05) is 11.5 Å². The Morgan fingerprint density at radius 1 is 1.64 bits per heavy atom. The zero-order valence-electron chi connectivity index (χ0n) is 6.50. The fraction of sp³-hybridized carbons (Fsp3) is 0.571. The third-order valence-electron chi connectivity index (χ3n) is 1.91. The van der Waals surface area contributed by atoms with Crippen molar-refractivity contribution in [1.82, 2.24) is 9.55 Å². The Balaban J connectivity index is 2.50. The second-order valence-electron chi connectivity index (χ2n) is 2.72. The average molecular weight is 153 g/mol. The van der Waals surface area contributed by atoms with Crippen LogP contribution in [0.15, 0.2) is 0 Å². The molecule has 4 heteroatoms. The fourth-order valence-corrected chi connectivity index (χ4v) is 1.27. The predicted octanol–water partition coefficient (Wildman–Crippen LogP) is 0.556. The maximum atomic E-state index is 5.74. The van der Waals surface area contributed by atoms with E-state index in [0.717, 1.165) is 31.1 Å². The number of ether oxygens (including phenoxy) is 1. The fourth-order valence-electron chi connectivity index (χ4n) is 1.27. The van der Waals surface area contributed by atoms with Gasteiger partial charge in [0.05, 0.1) is 12.3 Å². The lowest BCUT2D eigenvalue weighted by molar-refractivity contribution is 0.232. The summed E-state index contributed by atoms with van der Waals surface area (Å²) in [6, 6.07) is 0.672. The highest BCUT2D eigenvalue weighted by Crippen LogP contribution is 2.22. The lowest BCUT2D eigenvalue weighted by Gasteiger charge is -2.14. The SMILES string of the molecule is Cc1nc2n(c1N)CCCO2. The van der Waals surface area contributed by atoms with Crippen molar-refractivity contribution in [2.45, 2.75) is 19.9 Å². The third-order valence-corrected chi connectivity index (χ3v) is 1.91. The van der Waals surface area contributed by atoms with E-state index < -0.39 is 0 Å². The van der Waals surface area contributed by atoms with E-state index in [9.17, 15) is 0 Å². The van der Waals surface area contributed by atoms with Gasteiger partial charge in [-0.1, -0.05) is 0 Å². The van der Waals surface area contributed by atoms with E-state index in [1.54, 1.807) is 0 Å². The van der Waals surface area contributed by atoms with Gasteiger partial charge in [-0.2, -0.15) is 4.98 Å². The van der Waals surface area contributed by atoms with Crippen molar-refractivity contribution >= 4 is 5.82 Å². The summed E-state index contributed by atoms with van der Waals surface area (Å²) in [4.78, 5) is 4.17. The summed E-state index contributed by atoms with van der Waals surface area (Å²) < 4.78 is 7.21. The molecule has 4 nitrogen and oxygen atoms in total. The molecule has 60 valence electrons. The molecule has 0 atom stereocenters. The van der Waals surface area contributed by atoms with E-state index in [2.05, 4.69) is 4.98 Å². The Bertz CT molecular complexity index is 279. The highest BCUT2D eigenvalue weighted by atomic mass is 16.5. The van der Waals surface area contributed by atoms with Crippen LogP contribution in [-0.4, -0.2) is 16.2 Å². The third kappa shape index (κ3) is 0.859. The van der Waals surface area contributed by atoms with Crippen LogP contribution in [0.5, 0.6) is 6.01 Å². The lowest BCUT2D eigenvalue weighted by Crippen LogP contribution is -2.15. The molecule has 0 radical (unpaired) electrons.